The molecule has 3 N–H and O–H groups in total. The molecule has 0 aromatic rings. The highest BCUT2D eigenvalue weighted by molar-refractivity contribution is 5.76. The third kappa shape index (κ3) is 2.85. The van der Waals surface area contributed by atoms with Crippen LogP contribution in [0, 0.1) is 56.7 Å². The molecule has 0 saturated heterocycles. The summed E-state index contributed by atoms with van der Waals surface area (Å²) in [5, 5.41) is 31.6. The maximum Gasteiger partial charge on any atom is 0.312 e. The van der Waals surface area contributed by atoms with Crippen molar-refractivity contribution < 1.29 is 24.9 Å². The highest BCUT2D eigenvalue weighted by atomic mass is 16.4. The Labute approximate surface area is 210 Å². The maximum absolute atomic E-state index is 12.8. The van der Waals surface area contributed by atoms with Crippen LogP contribution in [0.1, 0.15) is 98.8 Å². The Hall–Kier alpha value is -1.36. The van der Waals surface area contributed by atoms with E-state index in [0.29, 0.717) is 18.3 Å². The van der Waals surface area contributed by atoms with E-state index in [1.807, 2.05) is 0 Å². The number of carboxylic acid groups (broad SMARTS) is 2. The number of aliphatic hydroxyl groups is 1. The minimum Gasteiger partial charge on any atom is -0.481 e. The molecule has 0 bridgehead atoms. The van der Waals surface area contributed by atoms with Crippen LogP contribution < -0.4 is 0 Å². The van der Waals surface area contributed by atoms with Crippen molar-refractivity contribution in [1.82, 2.24) is 0 Å². The number of rotatable bonds is 3. The summed E-state index contributed by atoms with van der Waals surface area (Å²) < 4.78 is 0. The summed E-state index contributed by atoms with van der Waals surface area (Å²) >= 11 is 0. The lowest BCUT2D eigenvalue weighted by Gasteiger charge is -2.72. The molecule has 5 aliphatic carbocycles. The van der Waals surface area contributed by atoms with E-state index in [-0.39, 0.29) is 34.0 Å². The van der Waals surface area contributed by atoms with Crippen molar-refractivity contribution >= 4 is 11.9 Å². The van der Waals surface area contributed by atoms with Crippen LogP contribution in [0.5, 0.6) is 0 Å². The van der Waals surface area contributed by atoms with E-state index in [4.69, 9.17) is 0 Å². The van der Waals surface area contributed by atoms with Crippen molar-refractivity contribution in [3.8, 4) is 0 Å². The zero-order valence-electron chi connectivity index (χ0n) is 22.4. The van der Waals surface area contributed by atoms with Gasteiger partial charge in [0.15, 0.2) is 0 Å². The zero-order chi connectivity index (χ0) is 25.8. The summed E-state index contributed by atoms with van der Waals surface area (Å²) in [4.78, 5) is 25.3. The number of carbonyl (C=O) groups is 2. The van der Waals surface area contributed by atoms with Crippen LogP contribution in [-0.2, 0) is 9.59 Å². The molecule has 5 saturated carbocycles. The van der Waals surface area contributed by atoms with Gasteiger partial charge in [0, 0.05) is 0 Å². The summed E-state index contributed by atoms with van der Waals surface area (Å²) in [6.45, 7) is 15.4. The normalized spacial score (nSPS) is 55.1. The van der Waals surface area contributed by atoms with Crippen LogP contribution in [-0.4, -0.2) is 33.4 Å². The molecule has 11 atom stereocenters. The second-order valence-corrected chi connectivity index (χ2v) is 14.3. The molecule has 5 fully saturated rings. The van der Waals surface area contributed by atoms with Gasteiger partial charge in [-0.1, -0.05) is 32.9 Å². The van der Waals surface area contributed by atoms with Gasteiger partial charge in [0.25, 0.3) is 0 Å². The van der Waals surface area contributed by atoms with E-state index in [0.717, 1.165) is 63.4 Å². The van der Waals surface area contributed by atoms with Crippen molar-refractivity contribution in [3.63, 3.8) is 0 Å². The predicted molar refractivity (Wildman–Crippen MR) is 135 cm³/mol. The van der Waals surface area contributed by atoms with Crippen molar-refractivity contribution in [3.05, 3.63) is 12.2 Å². The molecule has 5 aliphatic rings. The molecule has 0 amide bonds. The third-order valence-corrected chi connectivity index (χ3v) is 13.6. The average Bonchev–Trinajstić information content (AvgIpc) is 3.18. The molecule has 0 heterocycles. The summed E-state index contributed by atoms with van der Waals surface area (Å²) in [6, 6.07) is 0. The monoisotopic (exact) mass is 486 g/mol. The Balaban J connectivity index is 1.57. The standard InChI is InChI=1S/C30H46O5/c1-17(2)18-9-14-30(25(34)35)16-15-27(4)19(23(18)30)7-8-20-26(3)12-11-22(31)29(6,24(32)33)21(26)10-13-28(20,27)5/h18-23,31H,1,7-16H2,2-6H3,(H,32,33)(H,34,35)/t18-,19+,20+,21+,22?,23?,26+,27+,28+,29?,30-/m0/s1. The van der Waals surface area contributed by atoms with Crippen LogP contribution in [0.15, 0.2) is 12.2 Å². The van der Waals surface area contributed by atoms with Crippen molar-refractivity contribution in [2.45, 2.75) is 105 Å². The van der Waals surface area contributed by atoms with E-state index in [9.17, 15) is 24.9 Å². The molecule has 0 spiro atoms. The molecule has 3 unspecified atom stereocenters. The molecule has 0 aliphatic heterocycles. The molecule has 5 nitrogen and oxygen atoms in total. The highest BCUT2D eigenvalue weighted by Gasteiger charge is 2.73. The molecule has 5 rings (SSSR count). The first-order valence-electron chi connectivity index (χ1n) is 14.0. The van der Waals surface area contributed by atoms with Crippen molar-refractivity contribution in [2.24, 2.45) is 56.7 Å². The van der Waals surface area contributed by atoms with Gasteiger partial charge in [-0.25, -0.2) is 0 Å². The summed E-state index contributed by atoms with van der Waals surface area (Å²) in [5.41, 5.74) is -0.638. The van der Waals surface area contributed by atoms with Gasteiger partial charge in [0.2, 0.25) is 0 Å². The second kappa shape index (κ2) is 7.58. The first kappa shape index (κ1) is 25.3. The predicted octanol–water partition coefficient (Wildman–Crippen LogP) is 6.15. The van der Waals surface area contributed by atoms with Gasteiger partial charge >= 0.3 is 11.9 Å². The SMILES string of the molecule is C=C(C)[C@@H]1CC[C@]2(C(=O)O)CC[C@]3(C)[C@H](CC[C@@H]4[C@@]5(C)CCC(O)C(C)(C(=O)O)[C@@H]5CC[C@]43C)C12. The topological polar surface area (TPSA) is 94.8 Å². The van der Waals surface area contributed by atoms with Gasteiger partial charge < -0.3 is 15.3 Å². The molecule has 5 heteroatoms. The summed E-state index contributed by atoms with van der Waals surface area (Å²) in [5.74, 6) is -0.315. The Kier molecular flexibility index (Phi) is 5.48. The first-order valence-corrected chi connectivity index (χ1v) is 14.0. The van der Waals surface area contributed by atoms with E-state index in [1.165, 1.54) is 0 Å². The quantitative estimate of drug-likeness (QED) is 0.416. The van der Waals surface area contributed by atoms with E-state index in [1.54, 1.807) is 6.92 Å². The van der Waals surface area contributed by atoms with Crippen LogP contribution >= 0.6 is 0 Å². The number of aliphatic hydroxyl groups excluding tert-OH is 1. The minimum atomic E-state index is -1.10. The number of fused-ring (bicyclic) bond motifs is 7. The van der Waals surface area contributed by atoms with E-state index >= 15 is 0 Å². The van der Waals surface area contributed by atoms with Gasteiger partial charge in [0.1, 0.15) is 0 Å². The molecule has 0 radical (unpaired) electrons. The molecule has 0 aromatic carbocycles. The average molecular weight is 487 g/mol. The van der Waals surface area contributed by atoms with Crippen LogP contribution in [0.25, 0.3) is 0 Å². The highest BCUT2D eigenvalue weighted by Crippen LogP contribution is 2.77. The summed E-state index contributed by atoms with van der Waals surface area (Å²) in [7, 11) is 0. The Morgan fingerprint density at radius 1 is 0.771 bits per heavy atom. The van der Waals surface area contributed by atoms with Gasteiger partial charge in [-0.2, -0.15) is 0 Å². The number of carboxylic acids is 2. The second-order valence-electron chi connectivity index (χ2n) is 14.3. The largest absolute Gasteiger partial charge is 0.481 e. The number of hydrogen-bond acceptors (Lipinski definition) is 3. The fraction of sp³-hybridized carbons (Fsp3) is 0.867. The van der Waals surface area contributed by atoms with Gasteiger partial charge in [-0.15, -0.1) is 0 Å². The van der Waals surface area contributed by atoms with Crippen LogP contribution in [0.3, 0.4) is 0 Å². The van der Waals surface area contributed by atoms with Crippen LogP contribution in [0.2, 0.25) is 0 Å². The third-order valence-electron chi connectivity index (χ3n) is 13.6. The Morgan fingerprint density at radius 2 is 1.46 bits per heavy atom. The zero-order valence-corrected chi connectivity index (χ0v) is 22.4. The first-order chi connectivity index (χ1) is 16.2. The van der Waals surface area contributed by atoms with Gasteiger partial charge in [0.05, 0.1) is 16.9 Å². The van der Waals surface area contributed by atoms with Crippen molar-refractivity contribution in [2.75, 3.05) is 0 Å². The molecular formula is C30H46O5. The number of allylic oxidation sites excluding steroid dienone is 1. The fourth-order valence-corrected chi connectivity index (χ4v) is 11.5. The molecule has 196 valence electrons. The maximum atomic E-state index is 12.8. The fourth-order valence-electron chi connectivity index (χ4n) is 11.5. The molecule has 0 aromatic heterocycles. The van der Waals surface area contributed by atoms with E-state index in [2.05, 4.69) is 34.3 Å². The minimum absolute atomic E-state index is 0.0290. The van der Waals surface area contributed by atoms with Gasteiger partial charge in [-0.05, 0) is 124 Å². The van der Waals surface area contributed by atoms with Crippen molar-refractivity contribution in [1.29, 1.82) is 0 Å². The lowest BCUT2D eigenvalue weighted by Crippen LogP contribution is -2.68. The molecule has 35 heavy (non-hydrogen) atoms. The smallest absolute Gasteiger partial charge is 0.312 e. The summed E-state index contributed by atoms with van der Waals surface area (Å²) in [6.07, 6.45) is 7.86. The van der Waals surface area contributed by atoms with E-state index < -0.39 is 28.9 Å². The lowest BCUT2D eigenvalue weighted by atomic mass is 9.32. The van der Waals surface area contributed by atoms with Crippen LogP contribution in [0.4, 0.5) is 0 Å². The molecular weight excluding hydrogens is 440 g/mol. The number of hydrogen-bond donors (Lipinski definition) is 3. The Morgan fingerprint density at radius 3 is 2.06 bits per heavy atom. The number of aliphatic carboxylic acids is 2. The Bertz CT molecular complexity index is 958. The lowest BCUT2D eigenvalue weighted by molar-refractivity contribution is -0.251. The van der Waals surface area contributed by atoms with Gasteiger partial charge in [-0.3, -0.25) is 9.59 Å².